The smallest absolute Gasteiger partial charge is 0.215 e. The van der Waals surface area contributed by atoms with E-state index in [1.54, 1.807) is 0 Å². The van der Waals surface area contributed by atoms with E-state index in [9.17, 15) is 0 Å². The molecule has 106 valence electrons. The minimum atomic E-state index is 0.509. The summed E-state index contributed by atoms with van der Waals surface area (Å²) in [5.74, 6) is 0.791. The molecule has 3 heteroatoms. The molecule has 0 fully saturated rings. The highest BCUT2D eigenvalue weighted by molar-refractivity contribution is 5.72. The Hall–Kier alpha value is -2.29. The van der Waals surface area contributed by atoms with Crippen LogP contribution in [0.2, 0.25) is 0 Å². The van der Waals surface area contributed by atoms with Crippen molar-refractivity contribution in [3.05, 3.63) is 60.0 Å². The van der Waals surface area contributed by atoms with Crippen LogP contribution in [0.3, 0.4) is 0 Å². The second-order valence-electron chi connectivity index (χ2n) is 5.72. The normalized spacial score (nSPS) is 18.0. The molecule has 1 aromatic heterocycles. The van der Waals surface area contributed by atoms with Gasteiger partial charge in [-0.15, -0.1) is 0 Å². The van der Waals surface area contributed by atoms with E-state index in [0.29, 0.717) is 6.04 Å². The lowest BCUT2D eigenvalue weighted by atomic mass is 9.97. The maximum atomic E-state index is 5.88. The molecule has 2 heterocycles. The molecular weight excluding hydrogens is 260 g/mol. The van der Waals surface area contributed by atoms with Crippen LogP contribution in [0.25, 0.3) is 11.1 Å². The van der Waals surface area contributed by atoms with Crippen LogP contribution in [0.5, 0.6) is 0 Å². The van der Waals surface area contributed by atoms with Gasteiger partial charge in [0.15, 0.2) is 5.58 Å². The number of anilines is 1. The van der Waals surface area contributed by atoms with Crippen molar-refractivity contribution in [2.75, 3.05) is 4.90 Å². The van der Waals surface area contributed by atoms with Crippen LogP contribution in [-0.2, 0) is 13.0 Å². The summed E-state index contributed by atoms with van der Waals surface area (Å²) < 4.78 is 5.88. The van der Waals surface area contributed by atoms with Crippen molar-refractivity contribution in [2.45, 2.75) is 32.4 Å². The minimum absolute atomic E-state index is 0.509. The molecule has 0 saturated carbocycles. The number of rotatable bonds is 2. The van der Waals surface area contributed by atoms with E-state index in [-0.39, 0.29) is 0 Å². The molecule has 0 radical (unpaired) electrons. The summed E-state index contributed by atoms with van der Waals surface area (Å²) in [5.41, 5.74) is 4.54. The lowest BCUT2D eigenvalue weighted by molar-refractivity contribution is 0.482. The Balaban J connectivity index is 1.69. The first kappa shape index (κ1) is 12.5. The highest BCUT2D eigenvalue weighted by atomic mass is 16.3. The number of nitrogens with zero attached hydrogens (tertiary/aromatic N) is 2. The Labute approximate surface area is 124 Å². The number of para-hydroxylation sites is 3. The fourth-order valence-corrected chi connectivity index (χ4v) is 3.13. The van der Waals surface area contributed by atoms with E-state index in [1.165, 1.54) is 17.7 Å². The minimum Gasteiger partial charge on any atom is -0.439 e. The number of hydrogen-bond acceptors (Lipinski definition) is 3. The first-order chi connectivity index (χ1) is 10.3. The van der Waals surface area contributed by atoms with Gasteiger partial charge in [-0.1, -0.05) is 30.3 Å². The van der Waals surface area contributed by atoms with Crippen LogP contribution >= 0.6 is 0 Å². The van der Waals surface area contributed by atoms with Crippen LogP contribution in [-0.4, -0.2) is 11.0 Å². The molecule has 0 N–H and O–H groups in total. The van der Waals surface area contributed by atoms with Crippen LogP contribution in [0.4, 0.5) is 5.69 Å². The standard InChI is InChI=1S/C18H18N2O/c1-13-10-11-14-6-2-4-8-16(14)20(13)12-18-19-15-7-3-5-9-17(15)21-18/h2-9,13H,10-12H2,1H3/t13-/m1/s1. The van der Waals surface area contributed by atoms with Gasteiger partial charge < -0.3 is 9.32 Å². The van der Waals surface area contributed by atoms with E-state index >= 15 is 0 Å². The van der Waals surface area contributed by atoms with E-state index < -0.39 is 0 Å². The van der Waals surface area contributed by atoms with Gasteiger partial charge in [0.05, 0.1) is 6.54 Å². The highest BCUT2D eigenvalue weighted by Gasteiger charge is 2.24. The van der Waals surface area contributed by atoms with Gasteiger partial charge in [0.1, 0.15) is 5.52 Å². The van der Waals surface area contributed by atoms with Crippen molar-refractivity contribution in [1.29, 1.82) is 0 Å². The Kier molecular flexibility index (Phi) is 2.92. The second-order valence-corrected chi connectivity index (χ2v) is 5.72. The molecule has 0 aliphatic carbocycles. The Morgan fingerprint density at radius 2 is 1.95 bits per heavy atom. The van der Waals surface area contributed by atoms with Crippen LogP contribution < -0.4 is 4.90 Å². The molecule has 0 saturated heterocycles. The van der Waals surface area contributed by atoms with Gasteiger partial charge in [-0.25, -0.2) is 4.98 Å². The second kappa shape index (κ2) is 4.92. The molecule has 3 aromatic rings. The zero-order valence-electron chi connectivity index (χ0n) is 12.1. The van der Waals surface area contributed by atoms with E-state index in [4.69, 9.17) is 4.42 Å². The molecule has 0 spiro atoms. The van der Waals surface area contributed by atoms with E-state index in [2.05, 4.69) is 41.1 Å². The van der Waals surface area contributed by atoms with Crippen LogP contribution in [0.1, 0.15) is 24.8 Å². The van der Waals surface area contributed by atoms with E-state index in [0.717, 1.165) is 30.0 Å². The summed E-state index contributed by atoms with van der Waals surface area (Å²) in [6.45, 7) is 3.01. The van der Waals surface area contributed by atoms with Gasteiger partial charge >= 0.3 is 0 Å². The van der Waals surface area contributed by atoms with Crippen molar-refractivity contribution >= 4 is 16.8 Å². The van der Waals surface area contributed by atoms with Gasteiger partial charge in [-0.3, -0.25) is 0 Å². The molecule has 1 aliphatic heterocycles. The molecule has 3 nitrogen and oxygen atoms in total. The van der Waals surface area contributed by atoms with Crippen molar-refractivity contribution in [3.8, 4) is 0 Å². The quantitative estimate of drug-likeness (QED) is 0.704. The predicted molar refractivity (Wildman–Crippen MR) is 84.4 cm³/mol. The van der Waals surface area contributed by atoms with Gasteiger partial charge in [-0.2, -0.15) is 0 Å². The molecule has 1 aliphatic rings. The maximum absolute atomic E-state index is 5.88. The summed E-state index contributed by atoms with van der Waals surface area (Å²) in [6, 6.07) is 17.1. The summed E-state index contributed by atoms with van der Waals surface area (Å²) in [4.78, 5) is 7.01. The number of hydrogen-bond donors (Lipinski definition) is 0. The van der Waals surface area contributed by atoms with Crippen molar-refractivity contribution in [2.24, 2.45) is 0 Å². The predicted octanol–water partition coefficient (Wildman–Crippen LogP) is 4.17. The summed E-state index contributed by atoms with van der Waals surface area (Å²) >= 11 is 0. The molecule has 1 atom stereocenters. The topological polar surface area (TPSA) is 29.3 Å². The van der Waals surface area contributed by atoms with Gasteiger partial charge in [0.25, 0.3) is 0 Å². The maximum Gasteiger partial charge on any atom is 0.215 e. The average molecular weight is 278 g/mol. The Morgan fingerprint density at radius 1 is 1.14 bits per heavy atom. The summed E-state index contributed by atoms with van der Waals surface area (Å²) in [6.07, 6.45) is 2.33. The van der Waals surface area contributed by atoms with Crippen molar-refractivity contribution < 1.29 is 4.42 Å². The number of aromatic nitrogens is 1. The average Bonchev–Trinajstić information content (AvgIpc) is 2.92. The monoisotopic (exact) mass is 278 g/mol. The highest BCUT2D eigenvalue weighted by Crippen LogP contribution is 2.32. The zero-order valence-corrected chi connectivity index (χ0v) is 12.1. The first-order valence-electron chi connectivity index (χ1n) is 7.50. The molecule has 4 rings (SSSR count). The lowest BCUT2D eigenvalue weighted by Gasteiger charge is -2.36. The van der Waals surface area contributed by atoms with Crippen molar-refractivity contribution in [3.63, 3.8) is 0 Å². The molecular formula is C18H18N2O. The SMILES string of the molecule is C[C@@H]1CCc2ccccc2N1Cc1nc2ccccc2o1. The lowest BCUT2D eigenvalue weighted by Crippen LogP contribution is -2.36. The molecule has 0 bridgehead atoms. The van der Waals surface area contributed by atoms with Gasteiger partial charge in [0, 0.05) is 11.7 Å². The van der Waals surface area contributed by atoms with Gasteiger partial charge in [0.2, 0.25) is 5.89 Å². The van der Waals surface area contributed by atoms with E-state index in [1.807, 2.05) is 24.3 Å². The number of aryl methyl sites for hydroxylation is 1. The molecule has 0 amide bonds. The fraction of sp³-hybridized carbons (Fsp3) is 0.278. The number of oxazole rings is 1. The zero-order chi connectivity index (χ0) is 14.2. The molecule has 2 aromatic carbocycles. The third-order valence-electron chi connectivity index (χ3n) is 4.31. The first-order valence-corrected chi connectivity index (χ1v) is 7.50. The van der Waals surface area contributed by atoms with Crippen LogP contribution in [0, 0.1) is 0 Å². The van der Waals surface area contributed by atoms with Gasteiger partial charge in [-0.05, 0) is 43.5 Å². The van der Waals surface area contributed by atoms with Crippen LogP contribution in [0.15, 0.2) is 52.9 Å². The van der Waals surface area contributed by atoms with Crippen molar-refractivity contribution in [1.82, 2.24) is 4.98 Å². The Morgan fingerprint density at radius 3 is 2.86 bits per heavy atom. The largest absolute Gasteiger partial charge is 0.439 e. The third-order valence-corrected chi connectivity index (χ3v) is 4.31. The third kappa shape index (κ3) is 2.19. The molecule has 0 unspecified atom stereocenters. The molecule has 21 heavy (non-hydrogen) atoms. The summed E-state index contributed by atoms with van der Waals surface area (Å²) in [7, 11) is 0. The Bertz CT molecular complexity index is 744. The number of fused-ring (bicyclic) bond motifs is 2. The fourth-order valence-electron chi connectivity index (χ4n) is 3.13. The summed E-state index contributed by atoms with van der Waals surface area (Å²) in [5, 5.41) is 0. The number of benzene rings is 2.